The molecule has 0 aliphatic rings. The van der Waals surface area contributed by atoms with Gasteiger partial charge in [0, 0.05) is 0 Å². The Bertz CT molecular complexity index is 309. The Kier molecular flexibility index (Phi) is 2870. The van der Waals surface area contributed by atoms with Gasteiger partial charge in [-0.05, 0) is 25.0 Å². The van der Waals surface area contributed by atoms with E-state index in [0.717, 1.165) is 0 Å². The summed E-state index contributed by atoms with van der Waals surface area (Å²) in [6.45, 7) is 99.0. The zero-order chi connectivity index (χ0) is 40.3. The van der Waals surface area contributed by atoms with Crippen LogP contribution in [0.2, 0.25) is 0 Å². The summed E-state index contributed by atoms with van der Waals surface area (Å²) in [5, 5.41) is 19.0. The molecule has 0 saturated carbocycles. The number of carboxylic acids is 2. The Morgan fingerprint density at radius 2 is 0.310 bits per heavy atom. The maximum absolute atomic E-state index is 9.49. The van der Waals surface area contributed by atoms with E-state index < -0.39 is 11.9 Å². The molecule has 0 atom stereocenters. The van der Waals surface area contributed by atoms with Crippen LogP contribution in [0.5, 0.6) is 0 Å². The highest BCUT2D eigenvalue weighted by molar-refractivity contribution is 5.83. The molecule has 248 valence electrons. The lowest BCUT2D eigenvalue weighted by molar-refractivity contribution is -0.300. The van der Waals surface area contributed by atoms with Crippen molar-refractivity contribution in [3.05, 3.63) is 222 Å². The van der Waals surface area contributed by atoms with Gasteiger partial charge in [0.25, 0.3) is 0 Å². The predicted molar refractivity (Wildman–Crippen MR) is 208 cm³/mol. The van der Waals surface area contributed by atoms with Gasteiger partial charge in [0.1, 0.15) is 0 Å². The second kappa shape index (κ2) is 996. The van der Waals surface area contributed by atoms with E-state index in [0.29, 0.717) is 0 Å². The van der Waals surface area contributed by atoms with Gasteiger partial charge >= 0.3 is 0 Å². The van der Waals surface area contributed by atoms with Crippen LogP contribution in [0.15, 0.2) is 222 Å². The third kappa shape index (κ3) is 6110. The van der Waals surface area contributed by atoms with E-state index in [2.05, 4.69) is 211 Å². The van der Waals surface area contributed by atoms with E-state index in [-0.39, 0.29) is 11.1 Å². The molecule has 0 heterocycles. The summed E-state index contributed by atoms with van der Waals surface area (Å²) in [4.78, 5) is 19.0. The van der Waals surface area contributed by atoms with E-state index in [1.54, 1.807) is 0 Å². The summed E-state index contributed by atoms with van der Waals surface area (Å²) >= 11 is 0. The maximum Gasteiger partial charge on any atom is 0.0666 e. The minimum atomic E-state index is -1.19. The molecule has 0 N–H and O–H groups in total. The van der Waals surface area contributed by atoms with Crippen LogP contribution in [0.3, 0.4) is 0 Å². The van der Waals surface area contributed by atoms with E-state index in [1.807, 2.05) is 0 Å². The third-order valence-electron chi connectivity index (χ3n) is 0.697. The monoisotopic (exact) mass is 591 g/mol. The van der Waals surface area contributed by atoms with Crippen molar-refractivity contribution in [3.8, 4) is 0 Å². The average molecular weight is 591 g/mol. The number of rotatable bonds is 2. The van der Waals surface area contributed by atoms with Crippen molar-refractivity contribution in [3.63, 3.8) is 0 Å². The van der Waals surface area contributed by atoms with Crippen molar-refractivity contribution < 1.29 is 19.8 Å². The molecule has 0 aromatic heterocycles. The number of carbonyl (C=O) groups excluding carboxylic acids is 2. The molecule has 0 amide bonds. The van der Waals surface area contributed by atoms with Gasteiger partial charge in [-0.25, -0.2) is 0 Å². The van der Waals surface area contributed by atoms with Gasteiger partial charge < -0.3 is 19.8 Å². The van der Waals surface area contributed by atoms with E-state index in [9.17, 15) is 19.8 Å². The summed E-state index contributed by atoms with van der Waals surface area (Å²) < 4.78 is 0. The van der Waals surface area contributed by atoms with Gasteiger partial charge in [-0.1, -0.05) is 13.2 Å². The Hall–Kier alpha value is -5.48. The first-order valence-electron chi connectivity index (χ1n) is 10.5. The molecule has 0 aromatic rings. The largest absolute Gasteiger partial charge is 0.545 e. The lowest BCUT2D eigenvalue weighted by Crippen LogP contribution is -2.22. The second-order valence-electron chi connectivity index (χ2n) is 2.14. The Labute approximate surface area is 267 Å². The van der Waals surface area contributed by atoms with Gasteiger partial charge in [0.15, 0.2) is 0 Å². The highest BCUT2D eigenvalue weighted by Crippen LogP contribution is 1.77. The standard InChI is InChI=1S/2C4H6O2.15C2H4/c2*1-3(2)4(5)6;15*1-2/h2*1H2,2H3,(H,5,6);15*1-2H2/p-2. The van der Waals surface area contributed by atoms with Gasteiger partial charge in [-0.2, -0.15) is 0 Å². The molecule has 42 heavy (non-hydrogen) atoms. The van der Waals surface area contributed by atoms with Gasteiger partial charge in [-0.3, -0.25) is 0 Å². The van der Waals surface area contributed by atoms with Crippen LogP contribution in [-0.2, 0) is 9.59 Å². The van der Waals surface area contributed by atoms with Gasteiger partial charge in [-0.15, -0.1) is 197 Å². The second-order valence-corrected chi connectivity index (χ2v) is 2.14. The molecule has 4 heteroatoms. The van der Waals surface area contributed by atoms with Crippen molar-refractivity contribution in [1.29, 1.82) is 0 Å². The van der Waals surface area contributed by atoms with Crippen molar-refractivity contribution >= 4 is 11.9 Å². The lowest BCUT2D eigenvalue weighted by Gasteiger charge is -1.93. The molecule has 4 nitrogen and oxygen atoms in total. The SMILES string of the molecule is C=C.C=C.C=C.C=C.C=C.C=C.C=C.C=C.C=C.C=C.C=C.C=C.C=C.C=C.C=C.C=C(C)C(=O)[O-].C=C(C)C(=O)[O-]. The molecule has 0 fully saturated rings. The van der Waals surface area contributed by atoms with Crippen LogP contribution in [0.4, 0.5) is 0 Å². The molecule has 0 unspecified atom stereocenters. The quantitative estimate of drug-likeness (QED) is 0.237. The molecular formula is C38H70O4-2. The molecule has 0 saturated heterocycles. The highest BCUT2D eigenvalue weighted by Gasteiger charge is 1.76. The van der Waals surface area contributed by atoms with Crippen LogP contribution in [0.25, 0.3) is 0 Å². The van der Waals surface area contributed by atoms with Gasteiger partial charge in [0.2, 0.25) is 0 Å². The average Bonchev–Trinajstić information content (AvgIpc) is 3.14. The third-order valence-corrected chi connectivity index (χ3v) is 0.697. The first-order valence-corrected chi connectivity index (χ1v) is 10.5. The molecule has 0 aliphatic carbocycles. The van der Waals surface area contributed by atoms with Gasteiger partial charge in [0.05, 0.1) is 11.9 Å². The summed E-state index contributed by atoms with van der Waals surface area (Å²) in [7, 11) is 0. The van der Waals surface area contributed by atoms with Crippen LogP contribution in [0.1, 0.15) is 13.8 Å². The fourth-order valence-electron chi connectivity index (χ4n) is 0. The fraction of sp³-hybridized carbons (Fsp3) is 0.0526. The number of carbonyl (C=O) groups is 2. The lowest BCUT2D eigenvalue weighted by atomic mass is 10.4. The summed E-state index contributed by atoms with van der Waals surface area (Å²) in [6, 6.07) is 0. The molecule has 0 radical (unpaired) electrons. The summed E-state index contributed by atoms with van der Waals surface area (Å²) in [6.07, 6.45) is 0. The molecule has 0 aliphatic heterocycles. The highest BCUT2D eigenvalue weighted by atomic mass is 16.4. The number of hydrogen-bond acceptors (Lipinski definition) is 4. The normalized spacial score (nSPS) is 3.57. The molecule has 0 bridgehead atoms. The molecule has 0 spiro atoms. The topological polar surface area (TPSA) is 80.3 Å². The van der Waals surface area contributed by atoms with Crippen LogP contribution in [-0.4, -0.2) is 11.9 Å². The number of hydrogen-bond donors (Lipinski definition) is 0. The van der Waals surface area contributed by atoms with E-state index in [4.69, 9.17) is 0 Å². The minimum absolute atomic E-state index is 0.0648. The molecular weight excluding hydrogens is 520 g/mol. The summed E-state index contributed by atoms with van der Waals surface area (Å²) in [5.74, 6) is -2.37. The maximum atomic E-state index is 9.49. The predicted octanol–water partition coefficient (Wildman–Crippen LogP) is 10.7. The molecule has 0 rings (SSSR count). The van der Waals surface area contributed by atoms with Crippen molar-refractivity contribution in [2.75, 3.05) is 0 Å². The Balaban J connectivity index is -0.0000000109. The zero-order valence-electron chi connectivity index (χ0n) is 28.3. The van der Waals surface area contributed by atoms with Crippen molar-refractivity contribution in [2.45, 2.75) is 13.8 Å². The summed E-state index contributed by atoms with van der Waals surface area (Å²) in [5.41, 5.74) is 0.130. The number of aliphatic carboxylic acids is 2. The van der Waals surface area contributed by atoms with E-state index >= 15 is 0 Å². The first-order chi connectivity index (χ1) is 20.3. The zero-order valence-corrected chi connectivity index (χ0v) is 28.3. The van der Waals surface area contributed by atoms with Crippen molar-refractivity contribution in [2.24, 2.45) is 0 Å². The first kappa shape index (κ1) is 121. The van der Waals surface area contributed by atoms with Crippen LogP contribution >= 0.6 is 0 Å². The minimum Gasteiger partial charge on any atom is -0.545 e. The van der Waals surface area contributed by atoms with Crippen LogP contribution < -0.4 is 10.2 Å². The van der Waals surface area contributed by atoms with Crippen LogP contribution in [0, 0.1) is 0 Å². The smallest absolute Gasteiger partial charge is 0.0666 e. The Morgan fingerprint density at radius 3 is 0.310 bits per heavy atom. The number of carboxylic acid groups (broad SMARTS) is 2. The fourth-order valence-corrected chi connectivity index (χ4v) is 0. The molecule has 0 aromatic carbocycles. The Morgan fingerprint density at radius 1 is 0.286 bits per heavy atom. The van der Waals surface area contributed by atoms with E-state index in [1.165, 1.54) is 13.8 Å². The van der Waals surface area contributed by atoms with Crippen molar-refractivity contribution in [1.82, 2.24) is 0 Å².